The van der Waals surface area contributed by atoms with Crippen molar-refractivity contribution in [3.8, 4) is 11.4 Å². The summed E-state index contributed by atoms with van der Waals surface area (Å²) in [6.07, 6.45) is 3.01. The van der Waals surface area contributed by atoms with Crippen LogP contribution >= 0.6 is 0 Å². The molecule has 1 aromatic heterocycles. The molecule has 2 rings (SSSR count). The van der Waals surface area contributed by atoms with E-state index in [2.05, 4.69) is 27.6 Å². The van der Waals surface area contributed by atoms with Crippen molar-refractivity contribution in [3.05, 3.63) is 42.2 Å². The van der Waals surface area contributed by atoms with Gasteiger partial charge in [-0.3, -0.25) is 4.99 Å². The Labute approximate surface area is 131 Å². The van der Waals surface area contributed by atoms with E-state index in [1.54, 1.807) is 14.2 Å². The first-order valence-electron chi connectivity index (χ1n) is 7.40. The average Bonchev–Trinajstić information content (AvgIpc) is 3.04. The molecular formula is C16H23N5O. The van der Waals surface area contributed by atoms with Gasteiger partial charge in [-0.1, -0.05) is 6.92 Å². The molecule has 0 spiro atoms. The lowest BCUT2D eigenvalue weighted by Crippen LogP contribution is -2.37. The fourth-order valence-electron chi connectivity index (χ4n) is 1.97. The standard InChI is InChI=1S/C16H23N5O/c1-4-10-18-16(17-2)19-12-13-9-11-21(20-13)14-5-7-15(22-3)8-6-14/h5-9,11H,4,10,12H2,1-3H3,(H2,17,18,19). The molecule has 0 atom stereocenters. The van der Waals surface area contributed by atoms with Crippen LogP contribution in [0.15, 0.2) is 41.5 Å². The Hall–Kier alpha value is -2.50. The second-order valence-corrected chi connectivity index (χ2v) is 4.80. The maximum absolute atomic E-state index is 5.16. The summed E-state index contributed by atoms with van der Waals surface area (Å²) >= 11 is 0. The minimum atomic E-state index is 0.631. The van der Waals surface area contributed by atoms with Crippen molar-refractivity contribution < 1.29 is 4.74 Å². The number of benzene rings is 1. The molecule has 0 saturated heterocycles. The molecule has 6 heteroatoms. The van der Waals surface area contributed by atoms with Crippen molar-refractivity contribution in [2.45, 2.75) is 19.9 Å². The number of ether oxygens (including phenoxy) is 1. The lowest BCUT2D eigenvalue weighted by molar-refractivity contribution is 0.414. The fraction of sp³-hybridized carbons (Fsp3) is 0.375. The number of nitrogens with zero attached hydrogens (tertiary/aromatic N) is 3. The molecule has 0 aliphatic carbocycles. The van der Waals surface area contributed by atoms with Crippen LogP contribution in [0.25, 0.3) is 5.69 Å². The second-order valence-electron chi connectivity index (χ2n) is 4.80. The first-order valence-corrected chi connectivity index (χ1v) is 7.40. The van der Waals surface area contributed by atoms with E-state index >= 15 is 0 Å². The molecule has 0 amide bonds. The van der Waals surface area contributed by atoms with Crippen molar-refractivity contribution in [1.29, 1.82) is 0 Å². The summed E-state index contributed by atoms with van der Waals surface area (Å²) in [5.74, 6) is 1.63. The van der Waals surface area contributed by atoms with E-state index in [0.29, 0.717) is 6.54 Å². The molecule has 2 N–H and O–H groups in total. The Kier molecular flexibility index (Phi) is 5.82. The summed E-state index contributed by atoms with van der Waals surface area (Å²) in [4.78, 5) is 4.17. The van der Waals surface area contributed by atoms with E-state index in [9.17, 15) is 0 Å². The number of nitrogens with one attached hydrogen (secondary N) is 2. The van der Waals surface area contributed by atoms with Gasteiger partial charge in [0.1, 0.15) is 5.75 Å². The lowest BCUT2D eigenvalue weighted by Gasteiger charge is -2.09. The monoisotopic (exact) mass is 301 g/mol. The number of aromatic nitrogens is 2. The van der Waals surface area contributed by atoms with Gasteiger partial charge in [0.2, 0.25) is 0 Å². The van der Waals surface area contributed by atoms with Gasteiger partial charge in [-0.15, -0.1) is 0 Å². The van der Waals surface area contributed by atoms with Crippen LogP contribution in [0.2, 0.25) is 0 Å². The SMILES string of the molecule is CCCNC(=NC)NCc1ccn(-c2ccc(OC)cc2)n1. The number of hydrogen-bond donors (Lipinski definition) is 2. The van der Waals surface area contributed by atoms with Crippen molar-refractivity contribution >= 4 is 5.96 Å². The Bertz CT molecular complexity index is 603. The fourth-order valence-corrected chi connectivity index (χ4v) is 1.97. The highest BCUT2D eigenvalue weighted by Crippen LogP contribution is 2.14. The van der Waals surface area contributed by atoms with Crippen molar-refractivity contribution in [1.82, 2.24) is 20.4 Å². The molecular weight excluding hydrogens is 278 g/mol. The molecule has 0 radical (unpaired) electrons. The Morgan fingerprint density at radius 3 is 2.64 bits per heavy atom. The number of guanidine groups is 1. The number of aliphatic imine (C=N–C) groups is 1. The third-order valence-electron chi connectivity index (χ3n) is 3.18. The molecule has 0 bridgehead atoms. The van der Waals surface area contributed by atoms with E-state index < -0.39 is 0 Å². The number of methoxy groups -OCH3 is 1. The average molecular weight is 301 g/mol. The third-order valence-corrected chi connectivity index (χ3v) is 3.18. The van der Waals surface area contributed by atoms with Gasteiger partial charge in [0.15, 0.2) is 5.96 Å². The van der Waals surface area contributed by atoms with Crippen LogP contribution in [-0.2, 0) is 6.54 Å². The molecule has 0 unspecified atom stereocenters. The molecule has 2 aromatic rings. The van der Waals surface area contributed by atoms with Crippen LogP contribution in [0.5, 0.6) is 5.75 Å². The molecule has 6 nitrogen and oxygen atoms in total. The van der Waals surface area contributed by atoms with Crippen LogP contribution in [0, 0.1) is 0 Å². The Morgan fingerprint density at radius 1 is 1.23 bits per heavy atom. The highest BCUT2D eigenvalue weighted by molar-refractivity contribution is 5.79. The van der Waals surface area contributed by atoms with Gasteiger partial charge >= 0.3 is 0 Å². The van der Waals surface area contributed by atoms with E-state index in [0.717, 1.165) is 36.1 Å². The zero-order valence-corrected chi connectivity index (χ0v) is 13.3. The first kappa shape index (κ1) is 15.9. The molecule has 0 aliphatic rings. The normalized spacial score (nSPS) is 11.3. The maximum Gasteiger partial charge on any atom is 0.191 e. The predicted octanol–water partition coefficient (Wildman–Crippen LogP) is 1.96. The van der Waals surface area contributed by atoms with Crippen LogP contribution in [0.3, 0.4) is 0 Å². The summed E-state index contributed by atoms with van der Waals surface area (Å²) in [6.45, 7) is 3.66. The van der Waals surface area contributed by atoms with Crippen LogP contribution in [0.1, 0.15) is 19.0 Å². The summed E-state index contributed by atoms with van der Waals surface area (Å²) in [7, 11) is 3.42. The highest BCUT2D eigenvalue weighted by atomic mass is 16.5. The molecule has 0 aliphatic heterocycles. The van der Waals surface area contributed by atoms with Crippen LogP contribution in [0.4, 0.5) is 0 Å². The van der Waals surface area contributed by atoms with Gasteiger partial charge in [-0.05, 0) is 36.8 Å². The van der Waals surface area contributed by atoms with Gasteiger partial charge in [-0.2, -0.15) is 5.10 Å². The smallest absolute Gasteiger partial charge is 0.191 e. The topological polar surface area (TPSA) is 63.5 Å². The number of rotatable bonds is 6. The van der Waals surface area contributed by atoms with Gasteiger partial charge in [0, 0.05) is 19.8 Å². The summed E-state index contributed by atoms with van der Waals surface area (Å²) in [5.41, 5.74) is 1.95. The lowest BCUT2D eigenvalue weighted by atomic mass is 10.3. The quantitative estimate of drug-likeness (QED) is 0.632. The second kappa shape index (κ2) is 8.07. The third kappa shape index (κ3) is 4.25. The van der Waals surface area contributed by atoms with Gasteiger partial charge in [0.25, 0.3) is 0 Å². The maximum atomic E-state index is 5.16. The van der Waals surface area contributed by atoms with E-state index in [1.165, 1.54) is 0 Å². The summed E-state index contributed by atoms with van der Waals surface area (Å²) in [5, 5.41) is 11.0. The molecule has 118 valence electrons. The molecule has 1 aromatic carbocycles. The van der Waals surface area contributed by atoms with Gasteiger partial charge in [0.05, 0.1) is 25.0 Å². The molecule has 0 fully saturated rings. The van der Waals surface area contributed by atoms with Crippen molar-refractivity contribution in [2.24, 2.45) is 4.99 Å². The highest BCUT2D eigenvalue weighted by Gasteiger charge is 2.03. The molecule has 0 saturated carbocycles. The zero-order chi connectivity index (χ0) is 15.8. The molecule has 1 heterocycles. The summed E-state index contributed by atoms with van der Waals surface area (Å²) < 4.78 is 7.01. The summed E-state index contributed by atoms with van der Waals surface area (Å²) in [6, 6.07) is 9.79. The predicted molar refractivity (Wildman–Crippen MR) is 88.6 cm³/mol. The molecule has 22 heavy (non-hydrogen) atoms. The zero-order valence-electron chi connectivity index (χ0n) is 13.3. The van der Waals surface area contributed by atoms with Gasteiger partial charge < -0.3 is 15.4 Å². The Balaban J connectivity index is 1.96. The Morgan fingerprint density at radius 2 is 2.00 bits per heavy atom. The largest absolute Gasteiger partial charge is 0.497 e. The van der Waals surface area contributed by atoms with Crippen molar-refractivity contribution in [3.63, 3.8) is 0 Å². The minimum Gasteiger partial charge on any atom is -0.497 e. The minimum absolute atomic E-state index is 0.631. The van der Waals surface area contributed by atoms with Crippen LogP contribution in [-0.4, -0.2) is 36.4 Å². The first-order chi connectivity index (χ1) is 10.8. The van der Waals surface area contributed by atoms with Crippen LogP contribution < -0.4 is 15.4 Å². The number of hydrogen-bond acceptors (Lipinski definition) is 3. The van der Waals surface area contributed by atoms with E-state index in [-0.39, 0.29) is 0 Å². The van der Waals surface area contributed by atoms with Crippen molar-refractivity contribution in [2.75, 3.05) is 20.7 Å². The van der Waals surface area contributed by atoms with Gasteiger partial charge in [-0.25, -0.2) is 4.68 Å². The van der Waals surface area contributed by atoms with E-state index in [1.807, 2.05) is 41.2 Å². The van der Waals surface area contributed by atoms with E-state index in [4.69, 9.17) is 4.74 Å².